The number of rotatable bonds is 8. The van der Waals surface area contributed by atoms with Crippen molar-refractivity contribution in [2.75, 3.05) is 6.54 Å². The van der Waals surface area contributed by atoms with Gasteiger partial charge in [0.25, 0.3) is 0 Å². The fraction of sp³-hybridized carbons (Fsp3) is 0.485. The zero-order valence-corrected chi connectivity index (χ0v) is 24.3. The number of amidine groups is 2. The van der Waals surface area contributed by atoms with Gasteiger partial charge in [0.1, 0.15) is 11.7 Å². The van der Waals surface area contributed by atoms with Gasteiger partial charge in [-0.05, 0) is 74.8 Å². The highest BCUT2D eigenvalue weighted by molar-refractivity contribution is 6.15. The average molecular weight is 523 g/mol. The minimum Gasteiger partial charge on any atom is -0.328 e. The molecule has 0 spiro atoms. The first-order chi connectivity index (χ1) is 18.7. The van der Waals surface area contributed by atoms with Crippen LogP contribution in [0.15, 0.2) is 86.0 Å². The number of aromatic nitrogens is 1. The molecule has 2 unspecified atom stereocenters. The smallest absolute Gasteiger partial charge is 0.132 e. The molecule has 0 aromatic carbocycles. The van der Waals surface area contributed by atoms with Gasteiger partial charge < -0.3 is 5.32 Å². The van der Waals surface area contributed by atoms with Crippen molar-refractivity contribution in [2.24, 2.45) is 31.7 Å². The SMILES string of the molecule is CCC/C(C1=CC=CCC1)=C1/C(=NCc2ccccn2)NC(C2(C)C=C(C(C)(C)C#N)C=NC2)=NC1C(C)C. The highest BCUT2D eigenvalue weighted by Crippen LogP contribution is 2.38. The summed E-state index contributed by atoms with van der Waals surface area (Å²) in [6, 6.07) is 8.34. The predicted molar refractivity (Wildman–Crippen MR) is 162 cm³/mol. The fourth-order valence-electron chi connectivity index (χ4n) is 5.31. The second-order valence-corrected chi connectivity index (χ2v) is 11.8. The molecule has 6 heteroatoms. The van der Waals surface area contributed by atoms with E-state index in [9.17, 15) is 5.26 Å². The molecule has 0 saturated carbocycles. The third kappa shape index (κ3) is 6.36. The lowest BCUT2D eigenvalue weighted by atomic mass is 9.76. The Morgan fingerprint density at radius 2 is 2.13 bits per heavy atom. The maximum Gasteiger partial charge on any atom is 0.132 e. The highest BCUT2D eigenvalue weighted by Gasteiger charge is 2.40. The number of pyridine rings is 1. The summed E-state index contributed by atoms with van der Waals surface area (Å²) < 4.78 is 0. The number of dihydropyridines is 1. The minimum absolute atomic E-state index is 0.0411. The minimum atomic E-state index is -0.631. The van der Waals surface area contributed by atoms with Crippen molar-refractivity contribution in [3.05, 3.63) is 76.7 Å². The molecule has 0 saturated heterocycles. The largest absolute Gasteiger partial charge is 0.328 e. The van der Waals surface area contributed by atoms with Crippen LogP contribution in [0.2, 0.25) is 0 Å². The van der Waals surface area contributed by atoms with Gasteiger partial charge >= 0.3 is 0 Å². The van der Waals surface area contributed by atoms with Gasteiger partial charge in [-0.2, -0.15) is 5.26 Å². The van der Waals surface area contributed by atoms with Crippen LogP contribution in [0, 0.1) is 28.1 Å². The molecule has 0 bridgehead atoms. The Morgan fingerprint density at radius 3 is 2.77 bits per heavy atom. The number of allylic oxidation sites excluding steroid dienone is 6. The summed E-state index contributed by atoms with van der Waals surface area (Å²) in [5.41, 5.74) is 4.71. The third-order valence-corrected chi connectivity index (χ3v) is 7.71. The zero-order valence-electron chi connectivity index (χ0n) is 24.3. The van der Waals surface area contributed by atoms with Crippen LogP contribution < -0.4 is 5.32 Å². The Morgan fingerprint density at radius 1 is 1.31 bits per heavy atom. The van der Waals surface area contributed by atoms with Gasteiger partial charge in [0.2, 0.25) is 0 Å². The molecule has 6 nitrogen and oxygen atoms in total. The van der Waals surface area contributed by atoms with E-state index in [-0.39, 0.29) is 12.0 Å². The number of nitriles is 1. The van der Waals surface area contributed by atoms with E-state index in [1.807, 2.05) is 44.5 Å². The van der Waals surface area contributed by atoms with E-state index < -0.39 is 10.8 Å². The van der Waals surface area contributed by atoms with Crippen molar-refractivity contribution in [2.45, 2.75) is 79.8 Å². The van der Waals surface area contributed by atoms with Crippen LogP contribution in [0.3, 0.4) is 0 Å². The lowest BCUT2D eigenvalue weighted by Gasteiger charge is -2.39. The molecule has 1 aromatic rings. The second-order valence-electron chi connectivity index (χ2n) is 11.8. The lowest BCUT2D eigenvalue weighted by Crippen LogP contribution is -2.51. The number of nitrogens with zero attached hydrogens (tertiary/aromatic N) is 5. The lowest BCUT2D eigenvalue weighted by molar-refractivity contribution is 0.514. The van der Waals surface area contributed by atoms with Crippen molar-refractivity contribution in [3.8, 4) is 6.07 Å². The van der Waals surface area contributed by atoms with E-state index in [0.29, 0.717) is 13.1 Å². The summed E-state index contributed by atoms with van der Waals surface area (Å²) in [7, 11) is 0. The Bertz CT molecular complexity index is 1310. The van der Waals surface area contributed by atoms with Crippen molar-refractivity contribution in [1.29, 1.82) is 5.26 Å². The maximum absolute atomic E-state index is 9.79. The highest BCUT2D eigenvalue weighted by atomic mass is 15.1. The normalized spacial score (nSPS) is 25.5. The van der Waals surface area contributed by atoms with E-state index in [0.717, 1.165) is 48.6 Å². The van der Waals surface area contributed by atoms with E-state index >= 15 is 0 Å². The summed E-state index contributed by atoms with van der Waals surface area (Å²) in [6.07, 6.45) is 16.6. The van der Waals surface area contributed by atoms with Crippen LogP contribution in [0.4, 0.5) is 0 Å². The van der Waals surface area contributed by atoms with Crippen LogP contribution in [0.1, 0.15) is 72.9 Å². The Balaban J connectivity index is 1.89. The number of aliphatic imine (C=N–C) groups is 3. The Kier molecular flexibility index (Phi) is 8.80. The number of hydrogen-bond acceptors (Lipinski definition) is 5. The van der Waals surface area contributed by atoms with Gasteiger partial charge in [0.15, 0.2) is 0 Å². The zero-order chi connectivity index (χ0) is 28.0. The third-order valence-electron chi connectivity index (χ3n) is 7.71. The number of nitrogens with one attached hydrogen (secondary N) is 1. The van der Waals surface area contributed by atoms with Crippen molar-refractivity contribution >= 4 is 17.9 Å². The van der Waals surface area contributed by atoms with Crippen molar-refractivity contribution in [3.63, 3.8) is 0 Å². The number of hydrogen-bond donors (Lipinski definition) is 1. The quantitative estimate of drug-likeness (QED) is 0.401. The summed E-state index contributed by atoms with van der Waals surface area (Å²) >= 11 is 0. The topological polar surface area (TPSA) is 85.8 Å². The molecule has 0 radical (unpaired) electrons. The Labute approximate surface area is 234 Å². The molecule has 0 fully saturated rings. The molecule has 3 heterocycles. The average Bonchev–Trinajstić information content (AvgIpc) is 2.95. The van der Waals surface area contributed by atoms with Crippen LogP contribution >= 0.6 is 0 Å². The molecule has 2 atom stereocenters. The van der Waals surface area contributed by atoms with Gasteiger partial charge in [0.05, 0.1) is 41.7 Å². The van der Waals surface area contributed by atoms with Crippen molar-refractivity contribution < 1.29 is 0 Å². The molecule has 1 aliphatic carbocycles. The van der Waals surface area contributed by atoms with Crippen LogP contribution in [-0.4, -0.2) is 35.5 Å². The molecule has 1 N–H and O–H groups in total. The van der Waals surface area contributed by atoms with Crippen LogP contribution in [0.25, 0.3) is 0 Å². The summed E-state index contributed by atoms with van der Waals surface area (Å²) in [5.74, 6) is 2.02. The standard InChI is InChI=1S/C33H42N6/c1-7-13-27(24-14-9-8-10-15-24)28-29(23(2)3)38-31(39-30(28)37-20-26-16-11-12-17-36-26)33(6)18-25(19-35-22-33)32(4,5)21-34/h8-9,11-12,14,16-19,23,29H,7,10,13,15,20,22H2,1-6H3,(H,37,38,39)/b28-27-. The molecule has 3 aliphatic rings. The second kappa shape index (κ2) is 12.1. The van der Waals surface area contributed by atoms with E-state index in [2.05, 4.69) is 68.4 Å². The molecule has 204 valence electrons. The summed E-state index contributed by atoms with van der Waals surface area (Å²) in [4.78, 5) is 19.8. The van der Waals surface area contributed by atoms with E-state index in [1.54, 1.807) is 0 Å². The van der Waals surface area contributed by atoms with Gasteiger partial charge in [-0.3, -0.25) is 20.0 Å². The van der Waals surface area contributed by atoms with Gasteiger partial charge in [-0.25, -0.2) is 0 Å². The first-order valence-corrected chi connectivity index (χ1v) is 14.2. The van der Waals surface area contributed by atoms with E-state index in [1.165, 1.54) is 16.7 Å². The molecule has 4 rings (SSSR count). The molecular formula is C33H42N6. The van der Waals surface area contributed by atoms with Gasteiger partial charge in [-0.15, -0.1) is 0 Å². The monoisotopic (exact) mass is 522 g/mol. The van der Waals surface area contributed by atoms with Crippen molar-refractivity contribution in [1.82, 2.24) is 10.3 Å². The van der Waals surface area contributed by atoms with Crippen LogP contribution in [0.5, 0.6) is 0 Å². The maximum atomic E-state index is 9.79. The van der Waals surface area contributed by atoms with Gasteiger partial charge in [-0.1, -0.05) is 57.6 Å². The first-order valence-electron chi connectivity index (χ1n) is 14.2. The fourth-order valence-corrected chi connectivity index (χ4v) is 5.31. The summed E-state index contributed by atoms with van der Waals surface area (Å²) in [5, 5.41) is 13.5. The molecule has 2 aliphatic heterocycles. The molecular weight excluding hydrogens is 480 g/mol. The molecule has 39 heavy (non-hydrogen) atoms. The van der Waals surface area contributed by atoms with Crippen LogP contribution in [-0.2, 0) is 6.54 Å². The first kappa shape index (κ1) is 28.4. The molecule has 1 aromatic heterocycles. The summed E-state index contributed by atoms with van der Waals surface area (Å²) in [6.45, 7) is 13.8. The Hall–Kier alpha value is -3.59. The van der Waals surface area contributed by atoms with Gasteiger partial charge in [0, 0.05) is 18.0 Å². The van der Waals surface area contributed by atoms with E-state index in [4.69, 9.17) is 15.0 Å². The molecule has 0 amide bonds. The predicted octanol–water partition coefficient (Wildman–Crippen LogP) is 6.95.